The summed E-state index contributed by atoms with van der Waals surface area (Å²) in [5, 5.41) is 0. The fourth-order valence-electron chi connectivity index (χ4n) is 0. The average Bonchev–Trinajstić information content (AvgIpc) is 0.918. The first-order valence-corrected chi connectivity index (χ1v) is 1.21. The van der Waals surface area contributed by atoms with Crippen LogP contribution in [0.4, 0.5) is 0 Å². The molecule has 0 nitrogen and oxygen atoms in total. The molecule has 0 saturated carbocycles. The van der Waals surface area contributed by atoms with Gasteiger partial charge in [0, 0.05) is 0 Å². The van der Waals surface area contributed by atoms with Gasteiger partial charge in [0.25, 0.3) is 0 Å². The Labute approximate surface area is 46.4 Å². The van der Waals surface area contributed by atoms with Crippen molar-refractivity contribution in [2.45, 2.75) is 13.3 Å². The molecule has 0 aliphatic heterocycles. The second kappa shape index (κ2) is 9.12. The third-order valence-electron chi connectivity index (χ3n) is 0. The van der Waals surface area contributed by atoms with E-state index in [1.54, 1.807) is 0 Å². The summed E-state index contributed by atoms with van der Waals surface area (Å²) in [7, 11) is 0. The Morgan fingerprint density at radius 1 is 1.75 bits per heavy atom. The molecule has 0 heterocycles. The predicted molar refractivity (Wildman–Crippen MR) is 25.6 cm³/mol. The van der Waals surface area contributed by atoms with Crippen molar-refractivity contribution in [1.29, 1.82) is 0 Å². The first-order valence-electron chi connectivity index (χ1n) is 1.21. The fourth-order valence-corrected chi connectivity index (χ4v) is 0. The van der Waals surface area contributed by atoms with Crippen LogP contribution in [0.3, 0.4) is 0 Å². The van der Waals surface area contributed by atoms with E-state index in [4.69, 9.17) is 0 Å². The molecule has 0 aliphatic rings. The third-order valence-corrected chi connectivity index (χ3v) is 0. The van der Waals surface area contributed by atoms with E-state index in [1.165, 1.54) is 0 Å². The van der Waals surface area contributed by atoms with Gasteiger partial charge in [0.1, 0.15) is 0 Å². The topological polar surface area (TPSA) is 0 Å². The van der Waals surface area contributed by atoms with Crippen LogP contribution in [-0.4, -0.2) is 25.8 Å². The summed E-state index contributed by atoms with van der Waals surface area (Å²) in [5.41, 5.74) is 0. The summed E-state index contributed by atoms with van der Waals surface area (Å²) < 4.78 is 0. The van der Waals surface area contributed by atoms with Gasteiger partial charge in [-0.2, -0.15) is 0 Å². The zero-order chi connectivity index (χ0) is 2.71. The first-order chi connectivity index (χ1) is 1.41. The summed E-state index contributed by atoms with van der Waals surface area (Å²) in [4.78, 5) is 0. The second-order valence-corrected chi connectivity index (χ2v) is 0.500. The van der Waals surface area contributed by atoms with Crippen LogP contribution >= 0.6 is 0 Å². The van der Waals surface area contributed by atoms with Crippen LogP contribution in [0.2, 0.25) is 0 Å². The molecule has 0 aromatic rings. The third kappa shape index (κ3) is 13.3. The van der Waals surface area contributed by atoms with E-state index in [9.17, 15) is 0 Å². The van der Waals surface area contributed by atoms with Crippen LogP contribution in [0, 0.1) is 6.92 Å². The minimum atomic E-state index is 0. The van der Waals surface area contributed by atoms with Gasteiger partial charge < -0.3 is 0 Å². The van der Waals surface area contributed by atoms with Crippen molar-refractivity contribution in [3.8, 4) is 0 Å². The predicted octanol–water partition coefficient (Wildman–Crippen LogP) is 0.0466. The molecule has 0 spiro atoms. The van der Waals surface area contributed by atoms with Crippen LogP contribution in [0.5, 0.6) is 0 Å². The Hall–Kier alpha value is 0.870. The van der Waals surface area contributed by atoms with Crippen molar-refractivity contribution >= 4 is 25.8 Å². The van der Waals surface area contributed by atoms with Crippen molar-refractivity contribution in [3.05, 3.63) is 6.92 Å². The summed E-state index contributed by atoms with van der Waals surface area (Å²) in [5.74, 6) is 0. The van der Waals surface area contributed by atoms with Gasteiger partial charge in [0.15, 0.2) is 0 Å². The zero-order valence-corrected chi connectivity index (χ0v) is 2.41. The van der Waals surface area contributed by atoms with Crippen molar-refractivity contribution in [2.75, 3.05) is 0 Å². The molecule has 4 heavy (non-hydrogen) atoms. The van der Waals surface area contributed by atoms with Gasteiger partial charge in [0.05, 0.1) is 0 Å². The summed E-state index contributed by atoms with van der Waals surface area (Å²) in [6.45, 7) is 5.50. The normalized spacial score (nSPS) is 4.50. The number of hydrogen-bond donors (Lipinski definition) is 0. The van der Waals surface area contributed by atoms with Crippen LogP contribution in [0.1, 0.15) is 13.3 Å². The van der Waals surface area contributed by atoms with E-state index >= 15 is 0 Å². The van der Waals surface area contributed by atoms with E-state index in [-0.39, 0.29) is 25.8 Å². The Balaban J connectivity index is 0. The first kappa shape index (κ1) is 8.85. The molecule has 0 rings (SSSR count). The number of rotatable bonds is 0. The molecule has 1 heteroatoms. The molecule has 0 saturated heterocycles. The van der Waals surface area contributed by atoms with Gasteiger partial charge in [-0.05, 0) is 0 Å². The molecule has 0 atom stereocenters. The molecular weight excluding hydrogens is 151 g/mol. The molecule has 0 N–H and O–H groups in total. The van der Waals surface area contributed by atoms with Crippen molar-refractivity contribution in [3.63, 3.8) is 0 Å². The SMILES string of the molecule is [CH2]CC.[InH3]. The molecule has 0 unspecified atom stereocenters. The van der Waals surface area contributed by atoms with E-state index in [0.717, 1.165) is 6.42 Å². The molecule has 0 amide bonds. The fraction of sp³-hybridized carbons (Fsp3) is 0.667. The average molecular weight is 161 g/mol. The van der Waals surface area contributed by atoms with Gasteiger partial charge in [-0.3, -0.25) is 0 Å². The van der Waals surface area contributed by atoms with E-state index in [0.29, 0.717) is 0 Å². The Bertz CT molecular complexity index is 3.25. The Kier molecular flexibility index (Phi) is 20.2. The monoisotopic (exact) mass is 161 g/mol. The summed E-state index contributed by atoms with van der Waals surface area (Å²) in [6, 6.07) is 0. The van der Waals surface area contributed by atoms with Crippen LogP contribution in [-0.2, 0) is 0 Å². The molecule has 0 aromatic carbocycles. The summed E-state index contributed by atoms with van der Waals surface area (Å²) >= 11 is 0. The van der Waals surface area contributed by atoms with E-state index < -0.39 is 0 Å². The maximum absolute atomic E-state index is 3.49. The van der Waals surface area contributed by atoms with Crippen molar-refractivity contribution in [1.82, 2.24) is 0 Å². The molecule has 1 radical (unpaired) electrons. The van der Waals surface area contributed by atoms with Crippen molar-refractivity contribution < 1.29 is 0 Å². The van der Waals surface area contributed by atoms with Gasteiger partial charge in [0.2, 0.25) is 0 Å². The van der Waals surface area contributed by atoms with Gasteiger partial charge >= 0.3 is 25.8 Å². The zero-order valence-electron chi connectivity index (χ0n) is 2.41. The Morgan fingerprint density at radius 2 is 1.75 bits per heavy atom. The van der Waals surface area contributed by atoms with Crippen LogP contribution in [0.25, 0.3) is 0 Å². The van der Waals surface area contributed by atoms with Crippen LogP contribution < -0.4 is 0 Å². The van der Waals surface area contributed by atoms with Gasteiger partial charge in [-0.1, -0.05) is 20.3 Å². The summed E-state index contributed by atoms with van der Waals surface area (Å²) in [6.07, 6.45) is 1.00. The van der Waals surface area contributed by atoms with Crippen LogP contribution in [0.15, 0.2) is 0 Å². The molecule has 0 bridgehead atoms. The molecule has 0 aromatic heterocycles. The second-order valence-electron chi connectivity index (χ2n) is 0.500. The molecular formula is C3H10In. The molecule has 0 aliphatic carbocycles. The van der Waals surface area contributed by atoms with Gasteiger partial charge in [-0.15, -0.1) is 0 Å². The van der Waals surface area contributed by atoms with Gasteiger partial charge in [-0.25, -0.2) is 0 Å². The standard InChI is InChI=1S/C3H7.In.3H/c1-3-2;;;;/h1,3H2,2H3;;;;. The Morgan fingerprint density at radius 3 is 1.75 bits per heavy atom. The van der Waals surface area contributed by atoms with E-state index in [1.807, 2.05) is 6.92 Å². The minimum absolute atomic E-state index is 0. The van der Waals surface area contributed by atoms with E-state index in [2.05, 4.69) is 6.92 Å². The molecule has 0 fully saturated rings. The maximum atomic E-state index is 3.49. The number of hydrogen-bond acceptors (Lipinski definition) is 0. The van der Waals surface area contributed by atoms with Crippen molar-refractivity contribution in [2.24, 2.45) is 0 Å². The quantitative estimate of drug-likeness (QED) is 0.470. The molecule has 25 valence electrons.